The molecule has 0 aromatic heterocycles. The van der Waals surface area contributed by atoms with E-state index in [0.717, 1.165) is 55.5 Å². The molecule has 1 saturated carbocycles. The van der Waals surface area contributed by atoms with E-state index in [1.807, 2.05) is 36.4 Å². The van der Waals surface area contributed by atoms with Gasteiger partial charge in [-0.1, -0.05) is 55.5 Å². The number of amides is 1. The first-order valence-corrected chi connectivity index (χ1v) is 10.3. The minimum absolute atomic E-state index is 0.00588. The maximum Gasteiger partial charge on any atom is 0.235 e. The van der Waals surface area contributed by atoms with E-state index in [-0.39, 0.29) is 5.91 Å². The van der Waals surface area contributed by atoms with Gasteiger partial charge in [0.05, 0.1) is 12.0 Å². The van der Waals surface area contributed by atoms with Crippen LogP contribution in [0.1, 0.15) is 51.0 Å². The van der Waals surface area contributed by atoms with Gasteiger partial charge in [-0.3, -0.25) is 4.79 Å². The molecule has 0 aliphatic heterocycles. The molecule has 0 unspecified atom stereocenters. The molecule has 0 saturated heterocycles. The summed E-state index contributed by atoms with van der Waals surface area (Å²) >= 11 is 12.6. The second kappa shape index (κ2) is 8.99. The lowest BCUT2D eigenvalue weighted by Gasteiger charge is -2.37. The number of rotatable bonds is 6. The zero-order chi connectivity index (χ0) is 19.3. The molecule has 3 rings (SSSR count). The highest BCUT2D eigenvalue weighted by molar-refractivity contribution is 6.35. The molecule has 144 valence electrons. The van der Waals surface area contributed by atoms with Crippen LogP contribution in [0.25, 0.3) is 0 Å². The van der Waals surface area contributed by atoms with Gasteiger partial charge in [-0.25, -0.2) is 0 Å². The van der Waals surface area contributed by atoms with Crippen molar-refractivity contribution in [3.63, 3.8) is 0 Å². The monoisotopic (exact) mass is 405 g/mol. The molecule has 5 heteroatoms. The number of halogens is 2. The van der Waals surface area contributed by atoms with Crippen LogP contribution in [0.5, 0.6) is 5.75 Å². The minimum atomic E-state index is -0.614. The smallest absolute Gasteiger partial charge is 0.235 e. The summed E-state index contributed by atoms with van der Waals surface area (Å²) in [5.74, 6) is 0.802. The van der Waals surface area contributed by atoms with Crippen molar-refractivity contribution in [2.24, 2.45) is 0 Å². The molecule has 2 aromatic carbocycles. The van der Waals surface area contributed by atoms with E-state index in [9.17, 15) is 4.79 Å². The van der Waals surface area contributed by atoms with Gasteiger partial charge in [-0.05, 0) is 61.2 Å². The minimum Gasteiger partial charge on any atom is -0.494 e. The van der Waals surface area contributed by atoms with Gasteiger partial charge in [0.15, 0.2) is 0 Å². The molecule has 1 aliphatic rings. The zero-order valence-electron chi connectivity index (χ0n) is 15.6. The summed E-state index contributed by atoms with van der Waals surface area (Å²) in [4.78, 5) is 13.4. The molecule has 27 heavy (non-hydrogen) atoms. The van der Waals surface area contributed by atoms with Crippen LogP contribution in [0.3, 0.4) is 0 Å². The lowest BCUT2D eigenvalue weighted by molar-refractivity contribution is -0.122. The molecule has 0 radical (unpaired) electrons. The highest BCUT2D eigenvalue weighted by atomic mass is 35.5. The van der Waals surface area contributed by atoms with Crippen molar-refractivity contribution in [1.29, 1.82) is 0 Å². The Bertz CT molecular complexity index is 783. The number of nitrogens with one attached hydrogen (secondary N) is 1. The molecule has 1 N–H and O–H groups in total. The zero-order valence-corrected chi connectivity index (χ0v) is 17.1. The Labute approximate surface area is 171 Å². The summed E-state index contributed by atoms with van der Waals surface area (Å²) in [6, 6.07) is 13.0. The van der Waals surface area contributed by atoms with Crippen LogP contribution < -0.4 is 10.1 Å². The number of ether oxygens (including phenoxy) is 1. The summed E-state index contributed by atoms with van der Waals surface area (Å²) in [6.07, 6.45) is 5.70. The summed E-state index contributed by atoms with van der Waals surface area (Å²) in [6.45, 7) is 2.75. The highest BCUT2D eigenvalue weighted by Gasteiger charge is 2.42. The quantitative estimate of drug-likeness (QED) is 0.585. The van der Waals surface area contributed by atoms with Crippen molar-refractivity contribution in [2.75, 3.05) is 11.9 Å². The predicted molar refractivity (Wildman–Crippen MR) is 112 cm³/mol. The van der Waals surface area contributed by atoms with Crippen LogP contribution >= 0.6 is 23.2 Å². The first-order chi connectivity index (χ1) is 13.0. The first-order valence-electron chi connectivity index (χ1n) is 9.55. The normalized spacial score (nSPS) is 16.0. The third-order valence-electron chi connectivity index (χ3n) is 5.17. The first kappa shape index (κ1) is 20.0. The van der Waals surface area contributed by atoms with Crippen molar-refractivity contribution < 1.29 is 9.53 Å². The van der Waals surface area contributed by atoms with Gasteiger partial charge in [-0.2, -0.15) is 0 Å². The van der Waals surface area contributed by atoms with E-state index in [1.54, 1.807) is 6.07 Å². The summed E-state index contributed by atoms with van der Waals surface area (Å²) in [5, 5.41) is 4.23. The fourth-order valence-corrected chi connectivity index (χ4v) is 4.35. The Kier molecular flexibility index (Phi) is 6.67. The molecule has 0 atom stereocenters. The Balaban J connectivity index is 1.83. The second-order valence-electron chi connectivity index (χ2n) is 7.09. The molecular formula is C22H25Cl2NO2. The number of hydrogen-bond donors (Lipinski definition) is 1. The maximum atomic E-state index is 13.4. The molecule has 0 heterocycles. The summed E-state index contributed by atoms with van der Waals surface area (Å²) in [5.41, 5.74) is 1.02. The summed E-state index contributed by atoms with van der Waals surface area (Å²) in [7, 11) is 0. The van der Waals surface area contributed by atoms with Crippen LogP contribution in [-0.2, 0) is 10.2 Å². The predicted octanol–water partition coefficient (Wildman–Crippen LogP) is 6.62. The third kappa shape index (κ3) is 4.59. The molecule has 0 bridgehead atoms. The largest absolute Gasteiger partial charge is 0.494 e. The average molecular weight is 406 g/mol. The highest BCUT2D eigenvalue weighted by Crippen LogP contribution is 2.43. The van der Waals surface area contributed by atoms with Gasteiger partial charge in [0.1, 0.15) is 5.75 Å². The van der Waals surface area contributed by atoms with E-state index in [0.29, 0.717) is 16.7 Å². The fourth-order valence-electron chi connectivity index (χ4n) is 3.76. The van der Waals surface area contributed by atoms with E-state index in [4.69, 9.17) is 27.9 Å². The molecule has 2 aromatic rings. The van der Waals surface area contributed by atoms with Crippen LogP contribution in [0.15, 0.2) is 42.5 Å². The van der Waals surface area contributed by atoms with Gasteiger partial charge in [0, 0.05) is 15.7 Å². The molecule has 0 spiro atoms. The Morgan fingerprint density at radius 2 is 1.78 bits per heavy atom. The average Bonchev–Trinajstić information content (AvgIpc) is 2.68. The molecule has 1 amide bonds. The van der Waals surface area contributed by atoms with Crippen molar-refractivity contribution in [2.45, 2.75) is 50.9 Å². The van der Waals surface area contributed by atoms with Crippen LogP contribution in [0, 0.1) is 0 Å². The van der Waals surface area contributed by atoms with Crippen molar-refractivity contribution in [3.8, 4) is 5.75 Å². The summed E-state index contributed by atoms with van der Waals surface area (Å²) < 4.78 is 5.60. The number of benzene rings is 2. The topological polar surface area (TPSA) is 38.3 Å². The van der Waals surface area contributed by atoms with E-state index in [1.165, 1.54) is 0 Å². The van der Waals surface area contributed by atoms with Gasteiger partial charge in [0.2, 0.25) is 5.91 Å². The van der Waals surface area contributed by atoms with Crippen LogP contribution in [0.2, 0.25) is 10.0 Å². The maximum absolute atomic E-state index is 13.4. The lowest BCUT2D eigenvalue weighted by atomic mass is 9.68. The van der Waals surface area contributed by atoms with Crippen LogP contribution in [-0.4, -0.2) is 12.5 Å². The molecule has 1 aliphatic carbocycles. The number of anilines is 1. The van der Waals surface area contributed by atoms with Crippen molar-refractivity contribution in [3.05, 3.63) is 58.1 Å². The molecular weight excluding hydrogens is 381 g/mol. The van der Waals surface area contributed by atoms with Crippen LogP contribution in [0.4, 0.5) is 5.69 Å². The van der Waals surface area contributed by atoms with Gasteiger partial charge in [-0.15, -0.1) is 0 Å². The SMILES string of the molecule is CCCOc1ccc(NC(=O)C2(c3ccc(Cl)cc3Cl)CCCCC2)cc1. The number of carbonyl (C=O) groups is 1. The van der Waals surface area contributed by atoms with E-state index in [2.05, 4.69) is 12.2 Å². The van der Waals surface area contributed by atoms with Gasteiger partial charge < -0.3 is 10.1 Å². The Morgan fingerprint density at radius 1 is 1.07 bits per heavy atom. The Hall–Kier alpha value is -1.71. The lowest BCUT2D eigenvalue weighted by Crippen LogP contribution is -2.42. The number of carbonyl (C=O) groups excluding carboxylic acids is 1. The Morgan fingerprint density at radius 3 is 2.41 bits per heavy atom. The van der Waals surface area contributed by atoms with E-state index < -0.39 is 5.41 Å². The van der Waals surface area contributed by atoms with E-state index >= 15 is 0 Å². The molecule has 1 fully saturated rings. The third-order valence-corrected chi connectivity index (χ3v) is 5.72. The van der Waals surface area contributed by atoms with Crippen molar-refractivity contribution >= 4 is 34.8 Å². The van der Waals surface area contributed by atoms with Crippen molar-refractivity contribution in [1.82, 2.24) is 0 Å². The second-order valence-corrected chi connectivity index (χ2v) is 7.94. The van der Waals surface area contributed by atoms with Gasteiger partial charge in [0.25, 0.3) is 0 Å². The van der Waals surface area contributed by atoms with Gasteiger partial charge >= 0.3 is 0 Å². The molecule has 3 nitrogen and oxygen atoms in total. The number of hydrogen-bond acceptors (Lipinski definition) is 2. The fraction of sp³-hybridized carbons (Fsp3) is 0.409. The standard InChI is InChI=1S/C22H25Cl2NO2/c1-2-14-27-18-9-7-17(8-10-18)25-21(26)22(12-4-3-5-13-22)19-11-6-16(23)15-20(19)24/h6-11,15H,2-5,12-14H2,1H3,(H,25,26).